The number of esters is 1. The van der Waals surface area contributed by atoms with Gasteiger partial charge in [0.05, 0.1) is 67.8 Å². The number of alkyl halides is 3. The standard InChI is InChI=1S/C61H83ClN10O9S2.C2HF3O2/c1-39-41(3)83-60-53(39)54(44-22-24-46(62)25-23-44)67-48(57-70-69-42(4)72(57)60)34-50(73)64-27-28-78-29-30-79-31-32-80-37-51(74)68-56(61(5,6)7)59(77)71-36-47(81-52(75)17-15-13-11-9-8-10-12-14-16-26-63)33-49(71)58(76)65-35-43-18-20-45(21-19-43)55-40(2)66-38-82-55;3-2(4,5)1(6)7/h18-25,38,47-49,56H,8-17,26-37,63H2,1-7H3,(H,64,73)(H,65,76)(H,68,74);(H,6,7)/t47-,48+,49+,56-;/m1./s1. The van der Waals surface area contributed by atoms with Crippen molar-refractivity contribution in [1.82, 2.24) is 40.6 Å². The van der Waals surface area contributed by atoms with Gasteiger partial charge in [0.15, 0.2) is 5.82 Å². The van der Waals surface area contributed by atoms with E-state index in [-0.39, 0.29) is 96.3 Å². The van der Waals surface area contributed by atoms with Gasteiger partial charge in [-0.15, -0.1) is 32.9 Å². The number of aromatic nitrogens is 4. The molecule has 2 aliphatic heterocycles. The summed E-state index contributed by atoms with van der Waals surface area (Å²) >= 11 is 9.47. The number of carbonyl (C=O) groups is 6. The number of nitrogens with zero attached hydrogens (tertiary/aromatic N) is 6. The number of ether oxygens (including phenoxy) is 4. The van der Waals surface area contributed by atoms with Gasteiger partial charge in [0.25, 0.3) is 0 Å². The molecule has 0 aliphatic carbocycles. The number of aliphatic imine (C=N–C) groups is 1. The van der Waals surface area contributed by atoms with Crippen molar-refractivity contribution in [2.45, 2.75) is 162 Å². The van der Waals surface area contributed by atoms with Gasteiger partial charge in [-0.3, -0.25) is 33.5 Å². The van der Waals surface area contributed by atoms with Crippen LogP contribution in [0.3, 0.4) is 0 Å². The molecule has 7 rings (SSSR count). The summed E-state index contributed by atoms with van der Waals surface area (Å²) in [6.07, 6.45) is 4.25. The molecule has 6 N–H and O–H groups in total. The highest BCUT2D eigenvalue weighted by Gasteiger charge is 2.46. The molecule has 0 bridgehead atoms. The SMILES string of the molecule is Cc1ncsc1-c1ccc(CNC(=O)[C@@H]2C[C@@H](OC(=O)CCCCCCCCCCCN)CN2C(=O)[C@@H](NC(=O)COCCOCCOCCNC(=O)C[C@@H]2N=C(c3ccc(Cl)cc3)c3c(sc(C)c3C)-n3c(C)nnc32)C(C)(C)C)cc1.O=C(O)C(F)(F)F. The Labute approximate surface area is 536 Å². The molecule has 0 unspecified atom stereocenters. The lowest BCUT2D eigenvalue weighted by Gasteiger charge is -2.35. The maximum Gasteiger partial charge on any atom is 0.490 e. The maximum atomic E-state index is 14.6. The van der Waals surface area contributed by atoms with Crippen LogP contribution in [0, 0.1) is 33.1 Å². The Morgan fingerprint density at radius 1 is 0.800 bits per heavy atom. The molecule has 21 nitrogen and oxygen atoms in total. The highest BCUT2D eigenvalue weighted by molar-refractivity contribution is 7.15. The van der Waals surface area contributed by atoms with E-state index in [1.54, 1.807) is 22.7 Å². The smallest absolute Gasteiger partial charge is 0.475 e. The molecule has 492 valence electrons. The first kappa shape index (κ1) is 72.4. The van der Waals surface area contributed by atoms with Crippen LogP contribution in [0.25, 0.3) is 15.4 Å². The van der Waals surface area contributed by atoms with Crippen LogP contribution in [-0.4, -0.2) is 155 Å². The van der Waals surface area contributed by atoms with Crippen molar-refractivity contribution in [1.29, 1.82) is 0 Å². The zero-order valence-corrected chi connectivity index (χ0v) is 54.6. The minimum atomic E-state index is -5.08. The van der Waals surface area contributed by atoms with Crippen LogP contribution in [0.15, 0.2) is 59.0 Å². The number of aryl methyl sites for hydroxylation is 3. The molecule has 5 aromatic rings. The van der Waals surface area contributed by atoms with Gasteiger partial charge in [-0.05, 0) is 81.3 Å². The van der Waals surface area contributed by atoms with Gasteiger partial charge in [0, 0.05) is 47.0 Å². The van der Waals surface area contributed by atoms with E-state index < -0.39 is 53.6 Å². The Hall–Kier alpha value is -6.68. The van der Waals surface area contributed by atoms with E-state index >= 15 is 0 Å². The second-order valence-electron chi connectivity index (χ2n) is 23.2. The average molecular weight is 1310 g/mol. The minimum absolute atomic E-state index is 0.00945. The van der Waals surface area contributed by atoms with E-state index in [9.17, 15) is 37.1 Å². The number of benzene rings is 2. The first-order valence-electron chi connectivity index (χ1n) is 30.3. The number of hydrogen-bond donors (Lipinski definition) is 5. The van der Waals surface area contributed by atoms with Crippen LogP contribution in [-0.2, 0) is 54.3 Å². The number of carbonyl (C=O) groups excluding carboxylic acids is 5. The third kappa shape index (κ3) is 21.7. The van der Waals surface area contributed by atoms with Crippen molar-refractivity contribution in [3.63, 3.8) is 0 Å². The molecule has 4 amide bonds. The summed E-state index contributed by atoms with van der Waals surface area (Å²) in [5, 5.41) is 26.4. The number of unbranched alkanes of at least 4 members (excludes halogenated alkanes) is 8. The van der Waals surface area contributed by atoms with Crippen LogP contribution >= 0.6 is 34.3 Å². The van der Waals surface area contributed by atoms with Gasteiger partial charge in [0.1, 0.15) is 41.7 Å². The molecular weight excluding hydrogens is 1230 g/mol. The molecule has 1 saturated heterocycles. The predicted octanol–water partition coefficient (Wildman–Crippen LogP) is 9.64. The zero-order chi connectivity index (χ0) is 65.5. The molecule has 0 radical (unpaired) electrons. The predicted molar refractivity (Wildman–Crippen MR) is 338 cm³/mol. The molecule has 2 aliphatic rings. The summed E-state index contributed by atoms with van der Waals surface area (Å²) in [7, 11) is 0. The fourth-order valence-corrected chi connectivity index (χ4v) is 12.3. The van der Waals surface area contributed by atoms with Crippen LogP contribution in [0.4, 0.5) is 13.2 Å². The summed E-state index contributed by atoms with van der Waals surface area (Å²) in [5.74, 6) is -3.36. The van der Waals surface area contributed by atoms with E-state index in [1.807, 2.05) is 93.2 Å². The van der Waals surface area contributed by atoms with Crippen molar-refractivity contribution >= 4 is 75.6 Å². The lowest BCUT2D eigenvalue weighted by molar-refractivity contribution is -0.192. The Morgan fingerprint density at radius 2 is 1.41 bits per heavy atom. The van der Waals surface area contributed by atoms with Crippen molar-refractivity contribution in [3.8, 4) is 15.4 Å². The van der Waals surface area contributed by atoms with Gasteiger partial charge in [-0.1, -0.05) is 114 Å². The molecule has 0 spiro atoms. The summed E-state index contributed by atoms with van der Waals surface area (Å²) in [4.78, 5) is 90.7. The Bertz CT molecular complexity index is 3200. The normalized spacial score (nSPS) is 15.8. The summed E-state index contributed by atoms with van der Waals surface area (Å²) < 4.78 is 56.7. The monoisotopic (exact) mass is 1310 g/mol. The average Bonchev–Trinajstić information content (AvgIpc) is 1.60. The quantitative estimate of drug-likeness (QED) is 0.0198. The maximum absolute atomic E-state index is 14.6. The molecule has 27 heteroatoms. The molecule has 4 atom stereocenters. The molecular formula is C63H84ClF3N10O11S2. The van der Waals surface area contributed by atoms with E-state index in [2.05, 4.69) is 45.0 Å². The van der Waals surface area contributed by atoms with E-state index in [0.29, 0.717) is 23.1 Å². The summed E-state index contributed by atoms with van der Waals surface area (Å²) in [6, 6.07) is 12.9. The van der Waals surface area contributed by atoms with E-state index in [0.717, 1.165) is 86.2 Å². The number of likely N-dealkylation sites (tertiary alicyclic amines) is 1. The number of thiazole rings is 1. The lowest BCUT2D eigenvalue weighted by Crippen LogP contribution is -2.58. The Balaban J connectivity index is 0.00000174. The third-order valence-corrected chi connectivity index (χ3v) is 17.5. The number of carboxylic acids is 1. The lowest BCUT2D eigenvalue weighted by atomic mass is 9.85. The van der Waals surface area contributed by atoms with Crippen molar-refractivity contribution < 1.29 is 66.0 Å². The number of rotatable bonds is 32. The second kappa shape index (κ2) is 35.2. The summed E-state index contributed by atoms with van der Waals surface area (Å²) in [6.45, 7) is 15.5. The van der Waals surface area contributed by atoms with Crippen molar-refractivity contribution in [2.24, 2.45) is 16.1 Å². The molecule has 90 heavy (non-hydrogen) atoms. The van der Waals surface area contributed by atoms with Crippen LogP contribution in [0.5, 0.6) is 0 Å². The number of aliphatic carboxylic acids is 1. The largest absolute Gasteiger partial charge is 0.490 e. The van der Waals surface area contributed by atoms with Gasteiger partial charge in [0.2, 0.25) is 23.6 Å². The van der Waals surface area contributed by atoms with Gasteiger partial charge >= 0.3 is 18.1 Å². The van der Waals surface area contributed by atoms with Gasteiger partial charge in [-0.2, -0.15) is 13.2 Å². The highest BCUT2D eigenvalue weighted by Crippen LogP contribution is 2.40. The Kier molecular flexibility index (Phi) is 28.3. The molecule has 5 heterocycles. The third-order valence-electron chi connectivity index (χ3n) is 15.1. The van der Waals surface area contributed by atoms with Crippen molar-refractivity contribution in [2.75, 3.05) is 59.3 Å². The zero-order valence-electron chi connectivity index (χ0n) is 52.2. The van der Waals surface area contributed by atoms with Crippen LogP contribution in [0.1, 0.15) is 148 Å². The Morgan fingerprint density at radius 3 is 2.02 bits per heavy atom. The summed E-state index contributed by atoms with van der Waals surface area (Å²) in [5.41, 5.74) is 13.3. The van der Waals surface area contributed by atoms with Crippen LogP contribution in [0.2, 0.25) is 5.02 Å². The molecule has 0 saturated carbocycles. The van der Waals surface area contributed by atoms with E-state index in [1.165, 1.54) is 30.6 Å². The molecule has 1 fully saturated rings. The number of halogens is 4. The number of thiophene rings is 1. The fraction of sp³-hybridized carbons (Fsp3) is 0.556. The number of carboxylic acid groups (broad SMARTS) is 1. The molecule has 3 aromatic heterocycles. The van der Waals surface area contributed by atoms with Crippen LogP contribution < -0.4 is 21.7 Å². The number of nitrogens with one attached hydrogen (secondary N) is 3. The number of fused-ring (bicyclic) bond motifs is 3. The van der Waals surface area contributed by atoms with E-state index in [4.69, 9.17) is 51.2 Å². The number of hydrogen-bond acceptors (Lipinski definition) is 17. The topological polar surface area (TPSA) is 281 Å². The van der Waals surface area contributed by atoms with Gasteiger partial charge in [-0.25, -0.2) is 9.78 Å². The minimum Gasteiger partial charge on any atom is -0.475 e. The fourth-order valence-electron chi connectivity index (χ4n) is 10.2. The van der Waals surface area contributed by atoms with Crippen molar-refractivity contribution in [3.05, 3.63) is 104 Å². The second-order valence-corrected chi connectivity index (χ2v) is 25.7. The highest BCUT2D eigenvalue weighted by atomic mass is 35.5. The molecule has 2 aromatic carbocycles. The van der Waals surface area contributed by atoms with Gasteiger partial charge < -0.3 is 50.6 Å². The first-order chi connectivity index (χ1) is 42.9. The number of amides is 4. The number of nitrogens with two attached hydrogens (primary N) is 1. The first-order valence-corrected chi connectivity index (χ1v) is 32.4.